The number of nitrogens with one attached hydrogen (secondary N) is 1. The molecule has 12 heteroatoms. The maximum absolute atomic E-state index is 14.3. The molecule has 2 unspecified atom stereocenters. The van der Waals surface area contributed by atoms with Gasteiger partial charge in [-0.15, -0.1) is 0 Å². The Kier molecular flexibility index (Phi) is 6.89. The number of urea groups is 1. The number of non-ortho nitro benzene ring substituents is 1. The Morgan fingerprint density at radius 1 is 1.08 bits per heavy atom. The van der Waals surface area contributed by atoms with Gasteiger partial charge >= 0.3 is 6.03 Å². The highest BCUT2D eigenvalue weighted by Crippen LogP contribution is 2.46. The highest BCUT2D eigenvalue weighted by atomic mass is 16.6. The first-order valence-corrected chi connectivity index (χ1v) is 12.9. The van der Waals surface area contributed by atoms with Crippen LogP contribution in [0.4, 0.5) is 16.2 Å². The summed E-state index contributed by atoms with van der Waals surface area (Å²) < 4.78 is 10.7. The van der Waals surface area contributed by atoms with Gasteiger partial charge in [0, 0.05) is 50.4 Å². The number of piperazine rings is 1. The maximum atomic E-state index is 14.3. The van der Waals surface area contributed by atoms with Crippen LogP contribution < -0.4 is 19.7 Å². The molecule has 1 spiro atoms. The largest absolute Gasteiger partial charge is 0.493 e. The number of likely N-dealkylation sites (N-methyl/N-ethyl adjacent to an activating group) is 1. The SMILES string of the molecule is CCN1CCN2c3ccc([N+](=O)[O-])cc3CC3(C(=O)NC(=O)N(CCc4ccc(OC)c(OC)c4)C3=O)C2C1. The molecule has 0 saturated carbocycles. The van der Waals surface area contributed by atoms with Gasteiger partial charge in [0.1, 0.15) is 0 Å². The summed E-state index contributed by atoms with van der Waals surface area (Å²) in [6, 6.07) is 8.63. The second kappa shape index (κ2) is 10.2. The van der Waals surface area contributed by atoms with Crippen molar-refractivity contribution >= 4 is 29.2 Å². The fraction of sp³-hybridized carbons (Fsp3) is 0.444. The molecule has 2 atom stereocenters. The Morgan fingerprint density at radius 3 is 2.54 bits per heavy atom. The quantitative estimate of drug-likeness (QED) is 0.320. The number of anilines is 1. The molecule has 0 aliphatic carbocycles. The lowest BCUT2D eigenvalue weighted by molar-refractivity contribution is -0.384. The summed E-state index contributed by atoms with van der Waals surface area (Å²) in [7, 11) is 3.06. The van der Waals surface area contributed by atoms with Crippen LogP contribution in [0, 0.1) is 15.5 Å². The van der Waals surface area contributed by atoms with Crippen LogP contribution in [0.3, 0.4) is 0 Å². The summed E-state index contributed by atoms with van der Waals surface area (Å²) in [6.45, 7) is 4.52. The second-order valence-electron chi connectivity index (χ2n) is 9.98. The van der Waals surface area contributed by atoms with Crippen LogP contribution in [0.5, 0.6) is 11.5 Å². The number of amides is 4. The molecular weight excluding hydrogens is 506 g/mol. The van der Waals surface area contributed by atoms with Crippen molar-refractivity contribution in [1.29, 1.82) is 0 Å². The Bertz CT molecular complexity index is 1350. The van der Waals surface area contributed by atoms with E-state index in [1.807, 2.05) is 17.9 Å². The molecule has 206 valence electrons. The van der Waals surface area contributed by atoms with Gasteiger partial charge in [0.2, 0.25) is 11.8 Å². The highest BCUT2D eigenvalue weighted by molar-refractivity contribution is 6.20. The minimum Gasteiger partial charge on any atom is -0.493 e. The Labute approximate surface area is 225 Å². The number of carbonyl (C=O) groups is 3. The van der Waals surface area contributed by atoms with Gasteiger partial charge in [-0.1, -0.05) is 13.0 Å². The van der Waals surface area contributed by atoms with Crippen molar-refractivity contribution in [3.8, 4) is 11.5 Å². The van der Waals surface area contributed by atoms with Gasteiger partial charge in [-0.2, -0.15) is 0 Å². The lowest BCUT2D eigenvalue weighted by atomic mass is 9.67. The molecule has 3 aliphatic rings. The van der Waals surface area contributed by atoms with Crippen molar-refractivity contribution < 1.29 is 28.8 Å². The number of nitrogens with zero attached hydrogens (tertiary/aromatic N) is 4. The van der Waals surface area contributed by atoms with Crippen molar-refractivity contribution in [2.24, 2.45) is 5.41 Å². The third kappa shape index (κ3) is 4.34. The predicted molar refractivity (Wildman–Crippen MR) is 141 cm³/mol. The number of fused-ring (bicyclic) bond motifs is 4. The third-order valence-electron chi connectivity index (χ3n) is 8.10. The lowest BCUT2D eigenvalue weighted by Crippen LogP contribution is -2.75. The maximum Gasteiger partial charge on any atom is 0.330 e. The first kappa shape index (κ1) is 26.4. The predicted octanol–water partition coefficient (Wildman–Crippen LogP) is 1.99. The van der Waals surface area contributed by atoms with Crippen molar-refractivity contribution in [1.82, 2.24) is 15.1 Å². The molecule has 2 fully saturated rings. The van der Waals surface area contributed by atoms with E-state index < -0.39 is 34.2 Å². The molecule has 2 aromatic carbocycles. The van der Waals surface area contributed by atoms with Crippen LogP contribution >= 0.6 is 0 Å². The monoisotopic (exact) mass is 537 g/mol. The van der Waals surface area contributed by atoms with E-state index in [0.29, 0.717) is 36.6 Å². The second-order valence-corrected chi connectivity index (χ2v) is 9.98. The van der Waals surface area contributed by atoms with Gasteiger partial charge in [-0.25, -0.2) is 4.79 Å². The third-order valence-corrected chi connectivity index (χ3v) is 8.10. The van der Waals surface area contributed by atoms with Crippen molar-refractivity contribution in [2.45, 2.75) is 25.8 Å². The van der Waals surface area contributed by atoms with Crippen LogP contribution in [-0.4, -0.2) is 85.6 Å². The van der Waals surface area contributed by atoms with Gasteiger partial charge < -0.3 is 14.4 Å². The molecule has 3 heterocycles. The van der Waals surface area contributed by atoms with E-state index in [2.05, 4.69) is 10.2 Å². The van der Waals surface area contributed by atoms with E-state index in [-0.39, 0.29) is 18.7 Å². The Hall–Kier alpha value is -4.19. The van der Waals surface area contributed by atoms with Crippen LogP contribution in [0.15, 0.2) is 36.4 Å². The topological polar surface area (TPSA) is 135 Å². The van der Waals surface area contributed by atoms with Crippen molar-refractivity contribution in [3.63, 3.8) is 0 Å². The van der Waals surface area contributed by atoms with Gasteiger partial charge in [0.25, 0.3) is 5.69 Å². The number of barbiturate groups is 1. The summed E-state index contributed by atoms with van der Waals surface area (Å²) in [5.41, 5.74) is 0.422. The van der Waals surface area contributed by atoms with E-state index in [9.17, 15) is 24.5 Å². The van der Waals surface area contributed by atoms with Gasteiger partial charge in [0.05, 0.1) is 25.2 Å². The molecule has 0 aromatic heterocycles. The smallest absolute Gasteiger partial charge is 0.330 e. The normalized spacial score (nSPS) is 22.8. The minimum atomic E-state index is -1.61. The molecule has 5 rings (SSSR count). The van der Waals surface area contributed by atoms with E-state index in [4.69, 9.17) is 9.47 Å². The number of nitro benzene ring substituents is 1. The van der Waals surface area contributed by atoms with E-state index in [0.717, 1.165) is 29.2 Å². The van der Waals surface area contributed by atoms with E-state index in [1.54, 1.807) is 18.2 Å². The van der Waals surface area contributed by atoms with E-state index in [1.165, 1.54) is 26.4 Å². The first-order valence-electron chi connectivity index (χ1n) is 12.9. The molecule has 12 nitrogen and oxygen atoms in total. The highest BCUT2D eigenvalue weighted by Gasteiger charge is 2.62. The number of hydrogen-bond donors (Lipinski definition) is 1. The summed E-state index contributed by atoms with van der Waals surface area (Å²) in [6.07, 6.45) is 0.300. The van der Waals surface area contributed by atoms with Gasteiger partial charge in [0.15, 0.2) is 16.9 Å². The number of methoxy groups -OCH3 is 2. The molecule has 4 amide bonds. The van der Waals surface area contributed by atoms with Crippen molar-refractivity contribution in [3.05, 3.63) is 57.6 Å². The van der Waals surface area contributed by atoms with Crippen LogP contribution in [-0.2, 0) is 22.4 Å². The summed E-state index contributed by atoms with van der Waals surface area (Å²) in [5.74, 6) is -0.156. The lowest BCUT2D eigenvalue weighted by Gasteiger charge is -2.55. The number of hydrogen-bond acceptors (Lipinski definition) is 9. The number of carbonyl (C=O) groups excluding carboxylic acids is 3. The number of imide groups is 2. The standard InChI is InChI=1S/C27H31N5O7/c1-4-29-11-12-30-20-7-6-19(32(36)37)14-18(20)15-27(23(30)16-29)24(33)28-26(35)31(25(27)34)10-9-17-5-8-21(38-2)22(13-17)39-3/h5-8,13-14,23H,4,9-12,15-16H2,1-3H3,(H,28,33,35). The van der Waals surface area contributed by atoms with Crippen LogP contribution in [0.25, 0.3) is 0 Å². The molecular formula is C27H31N5O7. The van der Waals surface area contributed by atoms with Crippen LogP contribution in [0.1, 0.15) is 18.1 Å². The van der Waals surface area contributed by atoms with E-state index >= 15 is 0 Å². The zero-order valence-corrected chi connectivity index (χ0v) is 22.1. The van der Waals surface area contributed by atoms with Crippen LogP contribution in [0.2, 0.25) is 0 Å². The zero-order valence-electron chi connectivity index (χ0n) is 22.1. The molecule has 0 radical (unpaired) electrons. The summed E-state index contributed by atoms with van der Waals surface area (Å²) in [4.78, 5) is 57.2. The van der Waals surface area contributed by atoms with Crippen molar-refractivity contribution in [2.75, 3.05) is 51.8 Å². The molecule has 0 bridgehead atoms. The minimum absolute atomic E-state index is 0.0342. The first-order chi connectivity index (χ1) is 18.7. The number of nitro groups is 1. The number of benzene rings is 2. The fourth-order valence-electron chi connectivity index (χ4n) is 6.00. The average molecular weight is 538 g/mol. The van der Waals surface area contributed by atoms with Gasteiger partial charge in [-0.3, -0.25) is 34.8 Å². The van der Waals surface area contributed by atoms with Gasteiger partial charge in [-0.05, 0) is 42.3 Å². The summed E-state index contributed by atoms with van der Waals surface area (Å²) in [5, 5.41) is 14.0. The molecule has 3 aliphatic heterocycles. The Morgan fingerprint density at radius 2 is 1.85 bits per heavy atom. The Balaban J connectivity index is 1.51. The number of ether oxygens (including phenoxy) is 2. The summed E-state index contributed by atoms with van der Waals surface area (Å²) >= 11 is 0. The average Bonchev–Trinajstić information content (AvgIpc) is 2.94. The molecule has 2 aromatic rings. The zero-order chi connectivity index (χ0) is 27.9. The fourth-order valence-corrected chi connectivity index (χ4v) is 6.00. The number of rotatable bonds is 7. The molecule has 2 saturated heterocycles. The molecule has 39 heavy (non-hydrogen) atoms. The molecule has 1 N–H and O–H groups in total.